The average Bonchev–Trinajstić information content (AvgIpc) is 3.14. The Morgan fingerprint density at radius 3 is 2.80 bits per heavy atom. The largest absolute Gasteiger partial charge is 0.368 e. The maximum atomic E-state index is 11.0. The van der Waals surface area contributed by atoms with Gasteiger partial charge in [-0.2, -0.15) is 0 Å². The van der Waals surface area contributed by atoms with Crippen molar-refractivity contribution in [2.75, 3.05) is 18.5 Å². The van der Waals surface area contributed by atoms with Gasteiger partial charge in [0.2, 0.25) is 5.52 Å². The van der Waals surface area contributed by atoms with Crippen molar-refractivity contribution in [1.29, 1.82) is 0 Å². The number of non-ortho nitro benzene ring substituents is 1. The Morgan fingerprint density at radius 1 is 1.50 bits per heavy atom. The highest BCUT2D eigenvalue weighted by molar-refractivity contribution is 5.93. The van der Waals surface area contributed by atoms with Crippen LogP contribution in [0.5, 0.6) is 0 Å². The molecular formula is C12H15N5O3. The number of aromatic nitrogens is 2. The van der Waals surface area contributed by atoms with Crippen molar-refractivity contribution >= 4 is 22.4 Å². The molecule has 1 unspecified atom stereocenters. The van der Waals surface area contributed by atoms with Gasteiger partial charge < -0.3 is 10.6 Å². The number of anilines is 1. The molecule has 1 aliphatic rings. The summed E-state index contributed by atoms with van der Waals surface area (Å²) in [7, 11) is 1.92. The number of benzene rings is 1. The number of nitro benzene ring substituents is 1. The van der Waals surface area contributed by atoms with Crippen LogP contribution >= 0.6 is 0 Å². The lowest BCUT2D eigenvalue weighted by atomic mass is 10.1. The van der Waals surface area contributed by atoms with Crippen LogP contribution in [0.4, 0.5) is 11.4 Å². The molecule has 8 heteroatoms. The van der Waals surface area contributed by atoms with E-state index in [0.29, 0.717) is 18.0 Å². The van der Waals surface area contributed by atoms with Gasteiger partial charge in [-0.25, -0.2) is 4.63 Å². The first-order valence-corrected chi connectivity index (χ1v) is 6.46. The summed E-state index contributed by atoms with van der Waals surface area (Å²) >= 11 is 0. The molecule has 1 aromatic heterocycles. The Morgan fingerprint density at radius 2 is 2.20 bits per heavy atom. The molecule has 0 radical (unpaired) electrons. The van der Waals surface area contributed by atoms with Crippen molar-refractivity contribution in [3.8, 4) is 0 Å². The number of fused-ring (bicyclic) bond motifs is 1. The summed E-state index contributed by atoms with van der Waals surface area (Å²) in [5.74, 6) is 0.579. The van der Waals surface area contributed by atoms with E-state index in [1.54, 1.807) is 6.07 Å². The van der Waals surface area contributed by atoms with Crippen LogP contribution in [0.25, 0.3) is 11.0 Å². The second-order valence-corrected chi connectivity index (χ2v) is 5.07. The van der Waals surface area contributed by atoms with Gasteiger partial charge in [0.25, 0.3) is 0 Å². The van der Waals surface area contributed by atoms with Crippen LogP contribution in [0.1, 0.15) is 12.8 Å². The predicted octanol–water partition coefficient (Wildman–Crippen LogP) is 1.30. The Hall–Kier alpha value is -2.22. The molecular weight excluding hydrogens is 262 g/mol. The second-order valence-electron chi connectivity index (χ2n) is 5.07. The molecule has 106 valence electrons. The Bertz CT molecular complexity index is 652. The molecule has 2 aromatic rings. The predicted molar refractivity (Wildman–Crippen MR) is 72.4 cm³/mol. The van der Waals surface area contributed by atoms with Crippen molar-refractivity contribution in [3.05, 3.63) is 22.2 Å². The molecule has 1 aliphatic carbocycles. The minimum Gasteiger partial charge on any atom is -0.368 e. The van der Waals surface area contributed by atoms with Crippen LogP contribution in [-0.4, -0.2) is 34.9 Å². The van der Waals surface area contributed by atoms with E-state index in [-0.39, 0.29) is 17.2 Å². The van der Waals surface area contributed by atoms with Gasteiger partial charge in [0.15, 0.2) is 5.52 Å². The van der Waals surface area contributed by atoms with E-state index < -0.39 is 4.92 Å². The standard InChI is InChI=1S/C12H15N5O3/c1-16(10(6-13)7-2-3-7)8-4-5-9(17(18)19)12-11(8)14-20-15-12/h4-5,7,10H,2-3,6,13H2,1H3. The lowest BCUT2D eigenvalue weighted by Crippen LogP contribution is -2.39. The normalized spacial score (nSPS) is 16.3. The zero-order valence-electron chi connectivity index (χ0n) is 11.0. The van der Waals surface area contributed by atoms with Crippen LogP contribution in [0.2, 0.25) is 0 Å². The highest BCUT2D eigenvalue weighted by atomic mass is 16.6. The van der Waals surface area contributed by atoms with E-state index in [0.717, 1.165) is 5.69 Å². The fraction of sp³-hybridized carbons (Fsp3) is 0.500. The third-order valence-electron chi connectivity index (χ3n) is 3.85. The molecule has 0 bridgehead atoms. The molecule has 2 N–H and O–H groups in total. The summed E-state index contributed by atoms with van der Waals surface area (Å²) in [5.41, 5.74) is 7.07. The van der Waals surface area contributed by atoms with Crippen LogP contribution in [0, 0.1) is 16.0 Å². The number of nitro groups is 1. The molecule has 3 rings (SSSR count). The highest BCUT2D eigenvalue weighted by Gasteiger charge is 2.34. The summed E-state index contributed by atoms with van der Waals surface area (Å²) < 4.78 is 4.67. The van der Waals surface area contributed by atoms with E-state index in [9.17, 15) is 10.1 Å². The molecule has 0 amide bonds. The molecule has 0 spiro atoms. The molecule has 1 saturated carbocycles. The number of hydrogen-bond donors (Lipinski definition) is 1. The fourth-order valence-corrected chi connectivity index (χ4v) is 2.60. The van der Waals surface area contributed by atoms with Crippen LogP contribution < -0.4 is 10.6 Å². The molecule has 1 aromatic carbocycles. The van der Waals surface area contributed by atoms with Crippen LogP contribution in [-0.2, 0) is 0 Å². The second kappa shape index (κ2) is 4.71. The van der Waals surface area contributed by atoms with Crippen molar-refractivity contribution < 1.29 is 9.55 Å². The lowest BCUT2D eigenvalue weighted by Gasteiger charge is -2.29. The number of hydrogen-bond acceptors (Lipinski definition) is 7. The Balaban J connectivity index is 2.05. The zero-order chi connectivity index (χ0) is 14.3. The summed E-state index contributed by atoms with van der Waals surface area (Å²) in [6.07, 6.45) is 2.33. The number of nitrogens with zero attached hydrogens (tertiary/aromatic N) is 4. The molecule has 1 heterocycles. The van der Waals surface area contributed by atoms with Gasteiger partial charge in [-0.15, -0.1) is 0 Å². The minimum absolute atomic E-state index is 0.103. The van der Waals surface area contributed by atoms with Crippen LogP contribution in [0.15, 0.2) is 16.8 Å². The smallest absolute Gasteiger partial charge is 0.300 e. The highest BCUT2D eigenvalue weighted by Crippen LogP contribution is 2.38. The number of nitrogens with two attached hydrogens (primary N) is 1. The maximum Gasteiger partial charge on any atom is 0.300 e. The molecule has 1 fully saturated rings. The quantitative estimate of drug-likeness (QED) is 0.647. The van der Waals surface area contributed by atoms with Crippen molar-refractivity contribution in [3.63, 3.8) is 0 Å². The van der Waals surface area contributed by atoms with E-state index in [2.05, 4.69) is 14.9 Å². The summed E-state index contributed by atoms with van der Waals surface area (Å²) in [4.78, 5) is 12.5. The van der Waals surface area contributed by atoms with Crippen molar-refractivity contribution in [1.82, 2.24) is 10.3 Å². The van der Waals surface area contributed by atoms with Gasteiger partial charge >= 0.3 is 5.69 Å². The third-order valence-corrected chi connectivity index (χ3v) is 3.85. The molecule has 1 atom stereocenters. The van der Waals surface area contributed by atoms with Gasteiger partial charge in [-0.1, -0.05) is 0 Å². The average molecular weight is 277 g/mol. The topological polar surface area (TPSA) is 111 Å². The molecule has 8 nitrogen and oxygen atoms in total. The SMILES string of the molecule is CN(c1ccc([N+](=O)[O-])c2nonc12)C(CN)C1CC1. The third kappa shape index (κ3) is 1.97. The first kappa shape index (κ1) is 12.8. The summed E-state index contributed by atoms with van der Waals surface area (Å²) in [5, 5.41) is 18.4. The lowest BCUT2D eigenvalue weighted by molar-refractivity contribution is -0.383. The molecule has 20 heavy (non-hydrogen) atoms. The van der Waals surface area contributed by atoms with E-state index >= 15 is 0 Å². The van der Waals surface area contributed by atoms with Gasteiger partial charge in [0, 0.05) is 25.7 Å². The Labute approximate surface area is 114 Å². The molecule has 0 saturated heterocycles. The maximum absolute atomic E-state index is 11.0. The van der Waals surface area contributed by atoms with Gasteiger partial charge in [-0.05, 0) is 35.1 Å². The Kier molecular flexibility index (Phi) is 3.01. The molecule has 0 aliphatic heterocycles. The van der Waals surface area contributed by atoms with Gasteiger partial charge in [-0.3, -0.25) is 10.1 Å². The van der Waals surface area contributed by atoms with Gasteiger partial charge in [0.1, 0.15) is 0 Å². The number of rotatable bonds is 5. The first-order chi connectivity index (χ1) is 9.63. The van der Waals surface area contributed by atoms with Gasteiger partial charge in [0.05, 0.1) is 10.6 Å². The van der Waals surface area contributed by atoms with Crippen molar-refractivity contribution in [2.45, 2.75) is 18.9 Å². The summed E-state index contributed by atoms with van der Waals surface area (Å²) in [6, 6.07) is 3.31. The van der Waals surface area contributed by atoms with E-state index in [1.807, 2.05) is 11.9 Å². The monoisotopic (exact) mass is 277 g/mol. The van der Waals surface area contributed by atoms with E-state index in [4.69, 9.17) is 5.73 Å². The number of likely N-dealkylation sites (N-methyl/N-ethyl adjacent to an activating group) is 1. The first-order valence-electron chi connectivity index (χ1n) is 6.46. The zero-order valence-corrected chi connectivity index (χ0v) is 11.0. The summed E-state index contributed by atoms with van der Waals surface area (Å²) in [6.45, 7) is 0.533. The van der Waals surface area contributed by atoms with E-state index in [1.165, 1.54) is 18.9 Å². The fourth-order valence-electron chi connectivity index (χ4n) is 2.60. The van der Waals surface area contributed by atoms with Crippen LogP contribution in [0.3, 0.4) is 0 Å². The van der Waals surface area contributed by atoms with Crippen molar-refractivity contribution in [2.24, 2.45) is 11.7 Å². The minimum atomic E-state index is -0.488.